The summed E-state index contributed by atoms with van der Waals surface area (Å²) >= 11 is 1.74. The molecule has 0 spiro atoms. The van der Waals surface area contributed by atoms with E-state index in [1.807, 2.05) is 0 Å². The summed E-state index contributed by atoms with van der Waals surface area (Å²) in [6, 6.07) is 0. The highest BCUT2D eigenvalue weighted by molar-refractivity contribution is 7.18. The maximum absolute atomic E-state index is 5.90. The van der Waals surface area contributed by atoms with E-state index in [4.69, 9.17) is 5.73 Å². The fraction of sp³-hybridized carbons (Fsp3) is 0.400. The van der Waals surface area contributed by atoms with Gasteiger partial charge in [0, 0.05) is 18.0 Å². The molecule has 3 heterocycles. The molecule has 5 heteroatoms. The van der Waals surface area contributed by atoms with Crippen LogP contribution in [-0.2, 0) is 13.0 Å². The second-order valence-corrected chi connectivity index (χ2v) is 5.01. The molecule has 0 aromatic carbocycles. The van der Waals surface area contributed by atoms with E-state index >= 15 is 0 Å². The molecule has 78 valence electrons. The Hall–Kier alpha value is -1.20. The summed E-state index contributed by atoms with van der Waals surface area (Å²) in [5, 5.41) is 1.09. The van der Waals surface area contributed by atoms with Crippen LogP contribution in [0.25, 0.3) is 10.2 Å². The number of fused-ring (bicyclic) bond motifs is 3. The Morgan fingerprint density at radius 3 is 3.20 bits per heavy atom. The van der Waals surface area contributed by atoms with Gasteiger partial charge in [-0.25, -0.2) is 9.97 Å². The molecule has 0 aliphatic carbocycles. The lowest BCUT2D eigenvalue weighted by atomic mass is 10.1. The van der Waals surface area contributed by atoms with Crippen LogP contribution >= 0.6 is 11.3 Å². The molecule has 2 aromatic heterocycles. The zero-order valence-corrected chi connectivity index (χ0v) is 9.34. The monoisotopic (exact) mass is 220 g/mol. The summed E-state index contributed by atoms with van der Waals surface area (Å²) in [6.45, 7) is 2.10. The van der Waals surface area contributed by atoms with E-state index in [0.29, 0.717) is 5.82 Å². The van der Waals surface area contributed by atoms with Crippen molar-refractivity contribution in [1.29, 1.82) is 0 Å². The molecule has 15 heavy (non-hydrogen) atoms. The van der Waals surface area contributed by atoms with Crippen molar-refractivity contribution in [3.05, 3.63) is 16.8 Å². The minimum Gasteiger partial charge on any atom is -0.383 e. The molecule has 0 saturated heterocycles. The SMILES string of the molecule is CN1CCc2c(sc3ncnc(N)c23)C1. The minimum atomic E-state index is 0.627. The number of nitrogens with zero attached hydrogens (tertiary/aromatic N) is 3. The molecular weight excluding hydrogens is 208 g/mol. The van der Waals surface area contributed by atoms with E-state index in [1.165, 1.54) is 10.4 Å². The normalized spacial score (nSPS) is 16.9. The van der Waals surface area contributed by atoms with Crippen molar-refractivity contribution in [3.63, 3.8) is 0 Å². The van der Waals surface area contributed by atoms with E-state index in [-0.39, 0.29) is 0 Å². The molecule has 0 saturated carbocycles. The lowest BCUT2D eigenvalue weighted by Gasteiger charge is -2.21. The minimum absolute atomic E-state index is 0.627. The summed E-state index contributed by atoms with van der Waals surface area (Å²) in [7, 11) is 2.14. The van der Waals surface area contributed by atoms with Crippen LogP contribution in [0.15, 0.2) is 6.33 Å². The van der Waals surface area contributed by atoms with Crippen molar-refractivity contribution >= 4 is 27.4 Å². The van der Waals surface area contributed by atoms with Gasteiger partial charge in [-0.05, 0) is 19.0 Å². The Labute approximate surface area is 91.7 Å². The van der Waals surface area contributed by atoms with Gasteiger partial charge in [0.1, 0.15) is 17.0 Å². The molecule has 0 atom stereocenters. The van der Waals surface area contributed by atoms with Crippen LogP contribution in [0.1, 0.15) is 10.4 Å². The highest BCUT2D eigenvalue weighted by Gasteiger charge is 2.20. The van der Waals surface area contributed by atoms with Gasteiger partial charge < -0.3 is 10.6 Å². The lowest BCUT2D eigenvalue weighted by molar-refractivity contribution is 0.318. The predicted molar refractivity (Wildman–Crippen MR) is 61.9 cm³/mol. The number of likely N-dealkylation sites (N-methyl/N-ethyl adjacent to an activating group) is 1. The van der Waals surface area contributed by atoms with E-state index < -0.39 is 0 Å². The molecule has 2 N–H and O–H groups in total. The zero-order valence-electron chi connectivity index (χ0n) is 8.53. The molecule has 0 radical (unpaired) electrons. The summed E-state index contributed by atoms with van der Waals surface area (Å²) in [5.74, 6) is 0.627. The third kappa shape index (κ3) is 1.31. The van der Waals surface area contributed by atoms with E-state index in [1.54, 1.807) is 17.7 Å². The lowest BCUT2D eigenvalue weighted by Crippen LogP contribution is -2.25. The van der Waals surface area contributed by atoms with Crippen molar-refractivity contribution in [1.82, 2.24) is 14.9 Å². The largest absolute Gasteiger partial charge is 0.383 e. The van der Waals surface area contributed by atoms with Crippen LogP contribution < -0.4 is 5.73 Å². The number of nitrogen functional groups attached to an aromatic ring is 1. The molecule has 1 aliphatic rings. The highest BCUT2D eigenvalue weighted by Crippen LogP contribution is 2.35. The van der Waals surface area contributed by atoms with Crippen molar-refractivity contribution in [2.75, 3.05) is 19.3 Å². The Balaban J connectivity index is 2.29. The first-order valence-electron chi connectivity index (χ1n) is 4.95. The Morgan fingerprint density at radius 1 is 1.47 bits per heavy atom. The maximum atomic E-state index is 5.90. The van der Waals surface area contributed by atoms with Crippen LogP contribution in [0.5, 0.6) is 0 Å². The summed E-state index contributed by atoms with van der Waals surface area (Å²) < 4.78 is 0. The second kappa shape index (κ2) is 3.15. The standard InChI is InChI=1S/C10H12N4S/c1-14-3-2-6-7(4-14)15-10-8(6)9(11)12-5-13-10/h5H,2-4H2,1H3,(H2,11,12,13). The number of nitrogens with two attached hydrogens (primary N) is 1. The third-order valence-corrected chi connectivity index (χ3v) is 3.98. The smallest absolute Gasteiger partial charge is 0.135 e. The summed E-state index contributed by atoms with van der Waals surface area (Å²) in [4.78, 5) is 13.1. The van der Waals surface area contributed by atoms with Crippen molar-refractivity contribution in [2.45, 2.75) is 13.0 Å². The van der Waals surface area contributed by atoms with E-state index in [2.05, 4.69) is 21.9 Å². The number of hydrogen-bond donors (Lipinski definition) is 1. The summed E-state index contributed by atoms with van der Waals surface area (Å²) in [5.41, 5.74) is 7.27. The van der Waals surface area contributed by atoms with Crippen LogP contribution in [0.4, 0.5) is 5.82 Å². The van der Waals surface area contributed by atoms with Crippen molar-refractivity contribution < 1.29 is 0 Å². The van der Waals surface area contributed by atoms with Gasteiger partial charge in [0.25, 0.3) is 0 Å². The predicted octanol–water partition coefficient (Wildman–Crippen LogP) is 1.26. The molecule has 0 amide bonds. The van der Waals surface area contributed by atoms with Crippen LogP contribution in [0.2, 0.25) is 0 Å². The molecule has 3 rings (SSSR count). The van der Waals surface area contributed by atoms with Gasteiger partial charge in [-0.15, -0.1) is 11.3 Å². The van der Waals surface area contributed by atoms with Gasteiger partial charge in [-0.1, -0.05) is 0 Å². The van der Waals surface area contributed by atoms with Gasteiger partial charge >= 0.3 is 0 Å². The van der Waals surface area contributed by atoms with Crippen LogP contribution in [-0.4, -0.2) is 28.5 Å². The van der Waals surface area contributed by atoms with Gasteiger partial charge in [0.15, 0.2) is 0 Å². The third-order valence-electron chi connectivity index (χ3n) is 2.86. The summed E-state index contributed by atoms with van der Waals surface area (Å²) in [6.07, 6.45) is 2.60. The first-order chi connectivity index (χ1) is 7.25. The second-order valence-electron chi connectivity index (χ2n) is 3.93. The first-order valence-corrected chi connectivity index (χ1v) is 5.76. The zero-order chi connectivity index (χ0) is 10.4. The van der Waals surface area contributed by atoms with E-state index in [9.17, 15) is 0 Å². The molecule has 4 nitrogen and oxygen atoms in total. The quantitative estimate of drug-likeness (QED) is 0.726. The van der Waals surface area contributed by atoms with Crippen molar-refractivity contribution in [3.8, 4) is 0 Å². The number of anilines is 1. The van der Waals surface area contributed by atoms with Gasteiger partial charge in [0.2, 0.25) is 0 Å². The van der Waals surface area contributed by atoms with Gasteiger partial charge in [-0.2, -0.15) is 0 Å². The van der Waals surface area contributed by atoms with Crippen LogP contribution in [0.3, 0.4) is 0 Å². The Bertz CT molecular complexity index is 519. The van der Waals surface area contributed by atoms with Gasteiger partial charge in [0.05, 0.1) is 5.39 Å². The Morgan fingerprint density at radius 2 is 2.33 bits per heavy atom. The molecule has 0 bridgehead atoms. The molecule has 1 aliphatic heterocycles. The molecule has 0 fully saturated rings. The average molecular weight is 220 g/mol. The van der Waals surface area contributed by atoms with Crippen molar-refractivity contribution in [2.24, 2.45) is 0 Å². The first kappa shape index (κ1) is 9.06. The number of aromatic nitrogens is 2. The number of hydrogen-bond acceptors (Lipinski definition) is 5. The van der Waals surface area contributed by atoms with Crippen LogP contribution in [0, 0.1) is 0 Å². The molecule has 2 aromatic rings. The average Bonchev–Trinajstić information content (AvgIpc) is 2.56. The molecule has 0 unspecified atom stereocenters. The van der Waals surface area contributed by atoms with Gasteiger partial charge in [-0.3, -0.25) is 0 Å². The topological polar surface area (TPSA) is 55.0 Å². The number of thiophene rings is 1. The maximum Gasteiger partial charge on any atom is 0.135 e. The fourth-order valence-electron chi connectivity index (χ4n) is 2.08. The fourth-order valence-corrected chi connectivity index (χ4v) is 3.36. The van der Waals surface area contributed by atoms with E-state index in [0.717, 1.165) is 29.7 Å². The highest BCUT2D eigenvalue weighted by atomic mass is 32.1. The number of rotatable bonds is 0. The molecular formula is C10H12N4S. The Kier molecular flexibility index (Phi) is 1.90.